The molecule has 0 spiro atoms. The summed E-state index contributed by atoms with van der Waals surface area (Å²) in [6.45, 7) is 0.319. The van der Waals surface area contributed by atoms with Crippen LogP contribution in [0.4, 0.5) is 8.78 Å². The van der Waals surface area contributed by atoms with Crippen LogP contribution in [-0.2, 0) is 4.79 Å². The van der Waals surface area contributed by atoms with Crippen LogP contribution < -0.4 is 5.32 Å². The lowest BCUT2D eigenvalue weighted by Crippen LogP contribution is -2.17. The molecule has 0 radical (unpaired) electrons. The van der Waals surface area contributed by atoms with Crippen LogP contribution in [0.15, 0.2) is 16.6 Å². The molecule has 2 unspecified atom stereocenters. The average molecular weight is 306 g/mol. The molecule has 1 saturated heterocycles. The molecule has 1 aromatic rings. The molecular formula is C11H10BrF2NO2. The van der Waals surface area contributed by atoms with Crippen molar-refractivity contribution in [3.05, 3.63) is 33.8 Å². The van der Waals surface area contributed by atoms with Gasteiger partial charge in [0.05, 0.1) is 10.4 Å². The molecule has 1 heterocycles. The fourth-order valence-electron chi connectivity index (χ4n) is 1.95. The predicted molar refractivity (Wildman–Crippen MR) is 60.5 cm³/mol. The SMILES string of the molecule is O=C(O)C1CNC(c2cc(F)c(Br)c(F)c2)C1. The van der Waals surface area contributed by atoms with Gasteiger partial charge >= 0.3 is 5.97 Å². The van der Waals surface area contributed by atoms with Gasteiger partial charge in [0, 0.05) is 12.6 Å². The molecule has 2 N–H and O–H groups in total. The first-order valence-electron chi connectivity index (χ1n) is 5.09. The third-order valence-electron chi connectivity index (χ3n) is 2.89. The Morgan fingerprint density at radius 3 is 2.47 bits per heavy atom. The summed E-state index contributed by atoms with van der Waals surface area (Å²) in [6.07, 6.45) is 0.343. The number of aliphatic carboxylic acids is 1. The van der Waals surface area contributed by atoms with E-state index in [9.17, 15) is 13.6 Å². The highest BCUT2D eigenvalue weighted by Crippen LogP contribution is 2.30. The standard InChI is InChI=1S/C11H10BrF2NO2/c12-10-7(13)1-5(2-8(10)14)9-3-6(4-15-9)11(16)17/h1-2,6,9,15H,3-4H2,(H,16,17). The first kappa shape index (κ1) is 12.4. The Labute approximate surface area is 105 Å². The molecule has 2 atom stereocenters. The van der Waals surface area contributed by atoms with Crippen molar-refractivity contribution in [2.75, 3.05) is 6.54 Å². The van der Waals surface area contributed by atoms with Crippen molar-refractivity contribution in [3.8, 4) is 0 Å². The zero-order chi connectivity index (χ0) is 12.6. The van der Waals surface area contributed by atoms with Crippen LogP contribution >= 0.6 is 15.9 Å². The maximum absolute atomic E-state index is 13.3. The normalized spacial score (nSPS) is 23.9. The van der Waals surface area contributed by atoms with Crippen molar-refractivity contribution < 1.29 is 18.7 Å². The maximum atomic E-state index is 13.3. The number of halogens is 3. The molecule has 17 heavy (non-hydrogen) atoms. The Hall–Kier alpha value is -1.01. The average Bonchev–Trinajstić information content (AvgIpc) is 2.74. The Balaban J connectivity index is 2.22. The minimum atomic E-state index is -0.891. The van der Waals surface area contributed by atoms with E-state index in [4.69, 9.17) is 5.11 Å². The van der Waals surface area contributed by atoms with Crippen LogP contribution in [0.25, 0.3) is 0 Å². The molecule has 0 bridgehead atoms. The van der Waals surface area contributed by atoms with Gasteiger partial charge in [0.25, 0.3) is 0 Å². The summed E-state index contributed by atoms with van der Waals surface area (Å²) < 4.78 is 26.4. The molecule has 0 saturated carbocycles. The molecule has 1 fully saturated rings. The molecule has 3 nitrogen and oxygen atoms in total. The van der Waals surface area contributed by atoms with Gasteiger partial charge in [0.2, 0.25) is 0 Å². The quantitative estimate of drug-likeness (QED) is 0.825. The summed E-state index contributed by atoms with van der Waals surface area (Å²) in [6, 6.07) is 2.12. The van der Waals surface area contributed by atoms with Crippen LogP contribution in [0.5, 0.6) is 0 Å². The van der Waals surface area contributed by atoms with E-state index >= 15 is 0 Å². The summed E-state index contributed by atoms with van der Waals surface area (Å²) in [5.41, 5.74) is 0.437. The second-order valence-corrected chi connectivity index (χ2v) is 4.82. The fraction of sp³-hybridized carbons (Fsp3) is 0.364. The van der Waals surface area contributed by atoms with Gasteiger partial charge in [-0.15, -0.1) is 0 Å². The lowest BCUT2D eigenvalue weighted by molar-refractivity contribution is -0.141. The van der Waals surface area contributed by atoms with E-state index in [2.05, 4.69) is 21.2 Å². The highest BCUT2D eigenvalue weighted by molar-refractivity contribution is 9.10. The first-order chi connectivity index (χ1) is 7.99. The van der Waals surface area contributed by atoms with E-state index in [1.165, 1.54) is 12.1 Å². The Morgan fingerprint density at radius 2 is 2.00 bits per heavy atom. The summed E-state index contributed by atoms with van der Waals surface area (Å²) in [4.78, 5) is 10.8. The third kappa shape index (κ3) is 2.47. The molecule has 6 heteroatoms. The minimum Gasteiger partial charge on any atom is -0.481 e. The van der Waals surface area contributed by atoms with Crippen molar-refractivity contribution in [1.29, 1.82) is 0 Å². The van der Waals surface area contributed by atoms with E-state index in [-0.39, 0.29) is 10.5 Å². The van der Waals surface area contributed by atoms with Gasteiger partial charge in [-0.3, -0.25) is 4.79 Å². The smallest absolute Gasteiger partial charge is 0.307 e. The summed E-state index contributed by atoms with van der Waals surface area (Å²) in [5.74, 6) is -2.76. The highest BCUT2D eigenvalue weighted by Gasteiger charge is 2.30. The molecule has 1 aliphatic heterocycles. The molecule has 0 aliphatic carbocycles. The lowest BCUT2D eigenvalue weighted by Gasteiger charge is -2.11. The fourth-order valence-corrected chi connectivity index (χ4v) is 2.18. The van der Waals surface area contributed by atoms with Gasteiger partial charge in [0.15, 0.2) is 0 Å². The Morgan fingerprint density at radius 1 is 1.41 bits per heavy atom. The number of carbonyl (C=O) groups is 1. The predicted octanol–water partition coefficient (Wildman–Crippen LogP) is 2.46. The topological polar surface area (TPSA) is 49.3 Å². The van der Waals surface area contributed by atoms with E-state index < -0.39 is 23.5 Å². The monoisotopic (exact) mass is 305 g/mol. The number of carboxylic acids is 1. The highest BCUT2D eigenvalue weighted by atomic mass is 79.9. The van der Waals surface area contributed by atoms with Crippen molar-refractivity contribution in [3.63, 3.8) is 0 Å². The lowest BCUT2D eigenvalue weighted by atomic mass is 10.00. The van der Waals surface area contributed by atoms with Gasteiger partial charge in [0.1, 0.15) is 11.6 Å². The van der Waals surface area contributed by atoms with Crippen LogP contribution in [0, 0.1) is 17.6 Å². The molecule has 92 valence electrons. The molecule has 1 aromatic carbocycles. The number of carboxylic acid groups (broad SMARTS) is 1. The zero-order valence-electron chi connectivity index (χ0n) is 8.71. The van der Waals surface area contributed by atoms with Crippen molar-refractivity contribution in [1.82, 2.24) is 5.32 Å². The summed E-state index contributed by atoms with van der Waals surface area (Å²) in [5, 5.41) is 11.8. The molecule has 1 aliphatic rings. The van der Waals surface area contributed by atoms with Gasteiger partial charge in [-0.05, 0) is 40.0 Å². The van der Waals surface area contributed by atoms with Crippen molar-refractivity contribution in [2.24, 2.45) is 5.92 Å². The third-order valence-corrected chi connectivity index (χ3v) is 3.65. The summed E-state index contributed by atoms with van der Waals surface area (Å²) in [7, 11) is 0. The Kier molecular flexibility index (Phi) is 3.44. The van der Waals surface area contributed by atoms with Gasteiger partial charge < -0.3 is 10.4 Å². The molecular weight excluding hydrogens is 296 g/mol. The van der Waals surface area contributed by atoms with E-state index in [1.54, 1.807) is 0 Å². The number of hydrogen-bond donors (Lipinski definition) is 2. The van der Waals surface area contributed by atoms with E-state index in [0.717, 1.165) is 0 Å². The van der Waals surface area contributed by atoms with Gasteiger partial charge in [-0.2, -0.15) is 0 Å². The van der Waals surface area contributed by atoms with E-state index in [0.29, 0.717) is 18.5 Å². The van der Waals surface area contributed by atoms with Gasteiger partial charge in [-0.25, -0.2) is 8.78 Å². The summed E-state index contributed by atoms with van der Waals surface area (Å²) >= 11 is 2.79. The van der Waals surface area contributed by atoms with Crippen LogP contribution in [0.3, 0.4) is 0 Å². The van der Waals surface area contributed by atoms with E-state index in [1.807, 2.05) is 0 Å². The Bertz CT molecular complexity index is 444. The molecule has 0 aromatic heterocycles. The number of benzene rings is 1. The zero-order valence-corrected chi connectivity index (χ0v) is 10.3. The van der Waals surface area contributed by atoms with Crippen LogP contribution in [-0.4, -0.2) is 17.6 Å². The van der Waals surface area contributed by atoms with Crippen molar-refractivity contribution >= 4 is 21.9 Å². The first-order valence-corrected chi connectivity index (χ1v) is 5.89. The number of rotatable bonds is 2. The second kappa shape index (κ2) is 4.70. The molecule has 2 rings (SSSR count). The largest absolute Gasteiger partial charge is 0.481 e. The van der Waals surface area contributed by atoms with Crippen molar-refractivity contribution in [2.45, 2.75) is 12.5 Å². The maximum Gasteiger partial charge on any atom is 0.307 e. The second-order valence-electron chi connectivity index (χ2n) is 4.03. The van der Waals surface area contributed by atoms with Crippen LogP contribution in [0.1, 0.15) is 18.0 Å². The number of hydrogen-bond acceptors (Lipinski definition) is 2. The molecule has 0 amide bonds. The van der Waals surface area contributed by atoms with Gasteiger partial charge in [-0.1, -0.05) is 0 Å². The number of nitrogens with one attached hydrogen (secondary N) is 1. The minimum absolute atomic E-state index is 0.200. The van der Waals surface area contributed by atoms with Crippen LogP contribution in [0.2, 0.25) is 0 Å².